The highest BCUT2D eigenvalue weighted by Crippen LogP contribution is 2.31. The average molecular weight is 357 g/mol. The molecule has 132 valence electrons. The van der Waals surface area contributed by atoms with Gasteiger partial charge in [-0.3, -0.25) is 0 Å². The van der Waals surface area contributed by atoms with Crippen LogP contribution < -0.4 is 5.32 Å². The molecular weight excluding hydrogens is 343 g/mol. The van der Waals surface area contributed by atoms with E-state index in [-0.39, 0.29) is 11.4 Å². The van der Waals surface area contributed by atoms with Crippen LogP contribution in [0.5, 0.6) is 0 Å². The van der Waals surface area contributed by atoms with E-state index in [1.54, 1.807) is 30.1 Å². The second-order valence-electron chi connectivity index (χ2n) is 5.58. The molecule has 8 heteroatoms. The Bertz CT molecular complexity index is 942. The summed E-state index contributed by atoms with van der Waals surface area (Å²) >= 11 is 0. The van der Waals surface area contributed by atoms with E-state index in [0.29, 0.717) is 0 Å². The van der Waals surface area contributed by atoms with Gasteiger partial charge in [-0.25, -0.2) is 9.67 Å². The van der Waals surface area contributed by atoms with Crippen molar-refractivity contribution in [3.05, 3.63) is 71.7 Å². The number of nitrogens with zero attached hydrogens (tertiary/aromatic N) is 4. The summed E-state index contributed by atoms with van der Waals surface area (Å²) in [5, 5.41) is 16.3. The Labute approximate surface area is 147 Å². The number of hydrogen-bond acceptors (Lipinski definition) is 4. The molecule has 2 aromatic heterocycles. The quantitative estimate of drug-likeness (QED) is 0.755. The summed E-state index contributed by atoms with van der Waals surface area (Å²) in [6.45, 7) is 1.78. The molecule has 0 aliphatic heterocycles. The number of pyridine rings is 1. The van der Waals surface area contributed by atoms with Crippen LogP contribution in [0.25, 0.3) is 5.69 Å². The predicted octanol–water partition coefficient (Wildman–Crippen LogP) is 4.33. The maximum Gasteiger partial charge on any atom is 0.433 e. The summed E-state index contributed by atoms with van der Waals surface area (Å²) in [6, 6.07) is 12.5. The first-order chi connectivity index (χ1) is 12.4. The molecule has 1 N–H and O–H groups in total. The average Bonchev–Trinajstić information content (AvgIpc) is 3.15. The first-order valence-corrected chi connectivity index (χ1v) is 7.74. The minimum Gasteiger partial charge on any atom is -0.362 e. The van der Waals surface area contributed by atoms with Crippen molar-refractivity contribution >= 4 is 5.82 Å². The lowest BCUT2D eigenvalue weighted by atomic mass is 10.1. The molecule has 1 aromatic carbocycles. The lowest BCUT2D eigenvalue weighted by molar-refractivity contribution is -0.141. The molecule has 0 radical (unpaired) electrons. The number of hydrogen-bond donors (Lipinski definition) is 1. The fourth-order valence-electron chi connectivity index (χ4n) is 2.57. The van der Waals surface area contributed by atoms with Gasteiger partial charge in [-0.15, -0.1) is 0 Å². The molecule has 0 saturated heterocycles. The minimum absolute atomic E-state index is 0.0430. The number of nitriles is 1. The molecule has 1 atom stereocenters. The maximum absolute atomic E-state index is 12.9. The van der Waals surface area contributed by atoms with Crippen LogP contribution in [0.2, 0.25) is 0 Å². The van der Waals surface area contributed by atoms with Gasteiger partial charge in [0, 0.05) is 12.4 Å². The van der Waals surface area contributed by atoms with Crippen LogP contribution in [-0.4, -0.2) is 14.8 Å². The van der Waals surface area contributed by atoms with Gasteiger partial charge >= 0.3 is 6.18 Å². The van der Waals surface area contributed by atoms with E-state index in [4.69, 9.17) is 0 Å². The zero-order valence-corrected chi connectivity index (χ0v) is 13.7. The molecule has 2 heterocycles. The summed E-state index contributed by atoms with van der Waals surface area (Å²) in [6.07, 6.45) is -1.17. The number of alkyl halides is 3. The van der Waals surface area contributed by atoms with Crippen LogP contribution in [0.1, 0.15) is 29.8 Å². The molecule has 0 bridgehead atoms. The van der Waals surface area contributed by atoms with Crippen molar-refractivity contribution in [1.29, 1.82) is 5.26 Å². The molecule has 3 rings (SSSR count). The Balaban J connectivity index is 1.97. The fraction of sp³-hybridized carbons (Fsp3) is 0.167. The Morgan fingerprint density at radius 2 is 1.92 bits per heavy atom. The van der Waals surface area contributed by atoms with Gasteiger partial charge in [0.1, 0.15) is 17.6 Å². The van der Waals surface area contributed by atoms with Crippen LogP contribution in [0.4, 0.5) is 19.0 Å². The highest BCUT2D eigenvalue weighted by molar-refractivity contribution is 5.55. The van der Waals surface area contributed by atoms with Gasteiger partial charge < -0.3 is 5.32 Å². The smallest absolute Gasteiger partial charge is 0.362 e. The summed E-state index contributed by atoms with van der Waals surface area (Å²) in [7, 11) is 0. The van der Waals surface area contributed by atoms with E-state index in [0.717, 1.165) is 23.4 Å². The number of halogens is 3. The van der Waals surface area contributed by atoms with E-state index in [1.807, 2.05) is 30.3 Å². The van der Waals surface area contributed by atoms with Crippen molar-refractivity contribution < 1.29 is 13.2 Å². The highest BCUT2D eigenvalue weighted by atomic mass is 19.4. The van der Waals surface area contributed by atoms with Gasteiger partial charge in [0.15, 0.2) is 0 Å². The van der Waals surface area contributed by atoms with Crippen molar-refractivity contribution in [2.45, 2.75) is 19.1 Å². The molecule has 26 heavy (non-hydrogen) atoms. The summed E-state index contributed by atoms with van der Waals surface area (Å²) < 4.78 is 40.5. The summed E-state index contributed by atoms with van der Waals surface area (Å²) in [4.78, 5) is 3.59. The Hall–Kier alpha value is -3.34. The third kappa shape index (κ3) is 3.52. The van der Waals surface area contributed by atoms with Gasteiger partial charge in [0.25, 0.3) is 0 Å². The number of nitrogens with one attached hydrogen (secondary N) is 1. The standard InChI is InChI=1S/C18H14F3N5/c1-12(14-5-2-3-6-15(14)26-10-4-9-23-26)24-17-13(11-22)7-8-16(25-17)18(19,20)21/h2-10,12H,1H3,(H,24,25). The first kappa shape index (κ1) is 17.5. The number of rotatable bonds is 4. The molecule has 0 fully saturated rings. The van der Waals surface area contributed by atoms with Crippen LogP contribution in [-0.2, 0) is 6.18 Å². The van der Waals surface area contributed by atoms with Crippen LogP contribution in [0.15, 0.2) is 54.9 Å². The van der Waals surface area contributed by atoms with E-state index >= 15 is 0 Å². The van der Waals surface area contributed by atoms with Gasteiger partial charge in [0.05, 0.1) is 17.3 Å². The molecule has 0 amide bonds. The fourth-order valence-corrected chi connectivity index (χ4v) is 2.57. The zero-order valence-electron chi connectivity index (χ0n) is 13.7. The molecule has 0 spiro atoms. The Kier molecular flexibility index (Phi) is 4.63. The third-order valence-corrected chi connectivity index (χ3v) is 3.81. The molecule has 0 saturated carbocycles. The Morgan fingerprint density at radius 1 is 1.15 bits per heavy atom. The molecule has 5 nitrogen and oxygen atoms in total. The third-order valence-electron chi connectivity index (χ3n) is 3.81. The lowest BCUT2D eigenvalue weighted by Gasteiger charge is -2.20. The molecular formula is C18H14F3N5. The van der Waals surface area contributed by atoms with Crippen LogP contribution >= 0.6 is 0 Å². The summed E-state index contributed by atoms with van der Waals surface area (Å²) in [5.74, 6) is -0.106. The van der Waals surface area contributed by atoms with Crippen LogP contribution in [0.3, 0.4) is 0 Å². The lowest BCUT2D eigenvalue weighted by Crippen LogP contribution is -2.15. The van der Waals surface area contributed by atoms with Gasteiger partial charge in [0.2, 0.25) is 0 Å². The second-order valence-corrected chi connectivity index (χ2v) is 5.58. The van der Waals surface area contributed by atoms with E-state index < -0.39 is 17.9 Å². The largest absolute Gasteiger partial charge is 0.433 e. The molecule has 3 aromatic rings. The van der Waals surface area contributed by atoms with Crippen molar-refractivity contribution in [3.8, 4) is 11.8 Å². The monoisotopic (exact) mass is 357 g/mol. The van der Waals surface area contributed by atoms with E-state index in [2.05, 4.69) is 15.4 Å². The van der Waals surface area contributed by atoms with Crippen molar-refractivity contribution in [2.24, 2.45) is 0 Å². The first-order valence-electron chi connectivity index (χ1n) is 7.74. The predicted molar refractivity (Wildman–Crippen MR) is 89.6 cm³/mol. The topological polar surface area (TPSA) is 66.5 Å². The number of benzene rings is 1. The van der Waals surface area contributed by atoms with Gasteiger partial charge in [-0.1, -0.05) is 18.2 Å². The van der Waals surface area contributed by atoms with Gasteiger partial charge in [-0.05, 0) is 36.8 Å². The number of anilines is 1. The second kappa shape index (κ2) is 6.88. The van der Waals surface area contributed by atoms with E-state index in [1.165, 1.54) is 0 Å². The Morgan fingerprint density at radius 3 is 2.58 bits per heavy atom. The van der Waals surface area contributed by atoms with Crippen molar-refractivity contribution in [2.75, 3.05) is 5.32 Å². The molecule has 1 unspecified atom stereocenters. The van der Waals surface area contributed by atoms with Crippen molar-refractivity contribution in [3.63, 3.8) is 0 Å². The van der Waals surface area contributed by atoms with Crippen LogP contribution in [0, 0.1) is 11.3 Å². The SMILES string of the molecule is CC(Nc1nc(C(F)(F)F)ccc1C#N)c1ccccc1-n1cccn1. The highest BCUT2D eigenvalue weighted by Gasteiger charge is 2.33. The van der Waals surface area contributed by atoms with Gasteiger partial charge in [-0.2, -0.15) is 23.5 Å². The zero-order chi connectivity index (χ0) is 18.7. The van der Waals surface area contributed by atoms with E-state index in [9.17, 15) is 18.4 Å². The minimum atomic E-state index is -4.58. The number of para-hydroxylation sites is 1. The molecule has 0 aliphatic rings. The molecule has 0 aliphatic carbocycles. The number of aromatic nitrogens is 3. The van der Waals surface area contributed by atoms with Crippen molar-refractivity contribution in [1.82, 2.24) is 14.8 Å². The maximum atomic E-state index is 12.9. The summed E-state index contributed by atoms with van der Waals surface area (Å²) in [5.41, 5.74) is 0.579. The normalized spacial score (nSPS) is 12.4.